The van der Waals surface area contributed by atoms with Gasteiger partial charge in [0.2, 0.25) is 10.0 Å². The van der Waals surface area contributed by atoms with E-state index in [0.29, 0.717) is 5.56 Å². The van der Waals surface area contributed by atoms with E-state index in [2.05, 4.69) is 4.72 Å². The summed E-state index contributed by atoms with van der Waals surface area (Å²) in [6, 6.07) is 3.48. The van der Waals surface area contributed by atoms with Crippen LogP contribution in [0.15, 0.2) is 23.1 Å². The van der Waals surface area contributed by atoms with E-state index in [1.54, 1.807) is 6.92 Å². The van der Waals surface area contributed by atoms with Crippen LogP contribution in [0, 0.1) is 18.7 Å². The molecule has 114 valence electrons. The highest BCUT2D eigenvalue weighted by Gasteiger charge is 2.21. The van der Waals surface area contributed by atoms with Crippen molar-refractivity contribution < 1.29 is 12.8 Å². The molecule has 0 radical (unpaired) electrons. The number of rotatable bonds is 7. The van der Waals surface area contributed by atoms with Gasteiger partial charge in [-0.2, -0.15) is 0 Å². The van der Waals surface area contributed by atoms with Crippen LogP contribution in [0.1, 0.15) is 32.3 Å². The van der Waals surface area contributed by atoms with Gasteiger partial charge in [-0.15, -0.1) is 0 Å². The average molecular weight is 302 g/mol. The van der Waals surface area contributed by atoms with Crippen molar-refractivity contribution in [1.82, 2.24) is 4.72 Å². The van der Waals surface area contributed by atoms with Crippen LogP contribution in [-0.2, 0) is 10.0 Å². The van der Waals surface area contributed by atoms with E-state index in [4.69, 9.17) is 5.73 Å². The number of benzene rings is 1. The van der Waals surface area contributed by atoms with Gasteiger partial charge in [-0.25, -0.2) is 17.5 Å². The second-order valence-corrected chi connectivity index (χ2v) is 6.74. The Morgan fingerprint density at radius 2 is 1.90 bits per heavy atom. The Morgan fingerprint density at radius 1 is 1.30 bits per heavy atom. The Bertz CT molecular complexity index is 542. The van der Waals surface area contributed by atoms with Crippen LogP contribution in [0.2, 0.25) is 0 Å². The summed E-state index contributed by atoms with van der Waals surface area (Å²) in [7, 11) is -3.73. The Labute approximate surface area is 120 Å². The van der Waals surface area contributed by atoms with E-state index in [-0.39, 0.29) is 23.4 Å². The Morgan fingerprint density at radius 3 is 2.45 bits per heavy atom. The zero-order valence-corrected chi connectivity index (χ0v) is 13.0. The van der Waals surface area contributed by atoms with Crippen LogP contribution in [0.25, 0.3) is 0 Å². The first kappa shape index (κ1) is 17.1. The van der Waals surface area contributed by atoms with Gasteiger partial charge in [-0.3, -0.25) is 0 Å². The molecule has 20 heavy (non-hydrogen) atoms. The maximum atomic E-state index is 13.2. The van der Waals surface area contributed by atoms with Gasteiger partial charge in [0.1, 0.15) is 5.82 Å². The van der Waals surface area contributed by atoms with E-state index in [9.17, 15) is 12.8 Å². The third kappa shape index (κ3) is 4.26. The van der Waals surface area contributed by atoms with Gasteiger partial charge in [0.25, 0.3) is 0 Å². The van der Waals surface area contributed by atoms with Crippen molar-refractivity contribution in [3.05, 3.63) is 29.6 Å². The van der Waals surface area contributed by atoms with Gasteiger partial charge in [0.15, 0.2) is 0 Å². The molecule has 3 N–H and O–H groups in total. The molecule has 0 saturated carbocycles. The normalized spacial score (nSPS) is 13.7. The SMILES string of the molecule is CCC(CC)C(N)CNS(=O)(=O)c1cc(F)ccc1C. The maximum Gasteiger partial charge on any atom is 0.240 e. The van der Waals surface area contributed by atoms with Crippen molar-refractivity contribution in [1.29, 1.82) is 0 Å². The van der Waals surface area contributed by atoms with Gasteiger partial charge < -0.3 is 5.73 Å². The van der Waals surface area contributed by atoms with E-state index in [1.165, 1.54) is 12.1 Å². The average Bonchev–Trinajstić information content (AvgIpc) is 2.40. The maximum absolute atomic E-state index is 13.2. The van der Waals surface area contributed by atoms with Gasteiger partial charge in [0, 0.05) is 12.6 Å². The van der Waals surface area contributed by atoms with Crippen molar-refractivity contribution in [3.8, 4) is 0 Å². The summed E-state index contributed by atoms with van der Waals surface area (Å²) < 4.78 is 40.0. The largest absolute Gasteiger partial charge is 0.326 e. The fraction of sp³-hybridized carbons (Fsp3) is 0.571. The van der Waals surface area contributed by atoms with Gasteiger partial charge >= 0.3 is 0 Å². The molecular weight excluding hydrogens is 279 g/mol. The first-order chi connectivity index (χ1) is 9.31. The Hall–Kier alpha value is -0.980. The van der Waals surface area contributed by atoms with Crippen LogP contribution in [-0.4, -0.2) is 21.0 Å². The predicted octanol–water partition coefficient (Wildman–Crippen LogP) is 2.18. The number of hydrogen-bond donors (Lipinski definition) is 2. The van der Waals surface area contributed by atoms with Crippen LogP contribution in [0.4, 0.5) is 4.39 Å². The van der Waals surface area contributed by atoms with Crippen LogP contribution >= 0.6 is 0 Å². The van der Waals surface area contributed by atoms with E-state index in [1.807, 2.05) is 13.8 Å². The molecule has 1 aromatic carbocycles. The van der Waals surface area contributed by atoms with Crippen LogP contribution in [0.3, 0.4) is 0 Å². The molecule has 1 unspecified atom stereocenters. The second kappa shape index (κ2) is 7.15. The number of halogens is 1. The lowest BCUT2D eigenvalue weighted by molar-refractivity contribution is 0.392. The van der Waals surface area contributed by atoms with Gasteiger partial charge in [0.05, 0.1) is 4.90 Å². The standard InChI is InChI=1S/C14H23FN2O2S/c1-4-11(5-2)13(16)9-17-20(18,19)14-8-12(15)7-6-10(14)3/h6-8,11,13,17H,4-5,9,16H2,1-3H3. The van der Waals surface area contributed by atoms with E-state index >= 15 is 0 Å². The molecule has 0 saturated heterocycles. The molecule has 6 heteroatoms. The molecule has 0 amide bonds. The molecule has 0 aliphatic rings. The molecule has 0 aliphatic carbocycles. The lowest BCUT2D eigenvalue weighted by Crippen LogP contribution is -2.41. The molecule has 4 nitrogen and oxygen atoms in total. The highest BCUT2D eigenvalue weighted by molar-refractivity contribution is 7.89. The number of nitrogens with two attached hydrogens (primary N) is 1. The third-order valence-electron chi connectivity index (χ3n) is 3.60. The molecule has 0 aromatic heterocycles. The predicted molar refractivity (Wildman–Crippen MR) is 78.4 cm³/mol. The molecule has 0 aliphatic heterocycles. The second-order valence-electron chi connectivity index (χ2n) is 5.00. The molecule has 0 spiro atoms. The zero-order chi connectivity index (χ0) is 15.3. The van der Waals surface area contributed by atoms with Crippen molar-refractivity contribution in [2.24, 2.45) is 11.7 Å². The minimum atomic E-state index is -3.73. The first-order valence-electron chi connectivity index (χ1n) is 6.83. The first-order valence-corrected chi connectivity index (χ1v) is 8.31. The summed E-state index contributed by atoms with van der Waals surface area (Å²) in [6.07, 6.45) is 1.80. The Balaban J connectivity index is 2.83. The third-order valence-corrected chi connectivity index (χ3v) is 5.17. The van der Waals surface area contributed by atoms with Crippen LogP contribution in [0.5, 0.6) is 0 Å². The topological polar surface area (TPSA) is 72.2 Å². The van der Waals surface area contributed by atoms with Crippen molar-refractivity contribution in [2.45, 2.75) is 44.6 Å². The monoisotopic (exact) mass is 302 g/mol. The summed E-state index contributed by atoms with van der Waals surface area (Å²) in [5, 5.41) is 0. The fourth-order valence-electron chi connectivity index (χ4n) is 2.21. The minimum Gasteiger partial charge on any atom is -0.326 e. The molecule has 0 fully saturated rings. The smallest absolute Gasteiger partial charge is 0.240 e. The summed E-state index contributed by atoms with van der Waals surface area (Å²) in [5.74, 6) is -0.299. The Kier molecular flexibility index (Phi) is 6.10. The fourth-order valence-corrected chi connectivity index (χ4v) is 3.53. The molecule has 0 heterocycles. The quantitative estimate of drug-likeness (QED) is 0.811. The van der Waals surface area contributed by atoms with Crippen LogP contribution < -0.4 is 10.5 Å². The van der Waals surface area contributed by atoms with Crippen molar-refractivity contribution in [2.75, 3.05) is 6.54 Å². The molecule has 1 atom stereocenters. The number of nitrogens with one attached hydrogen (secondary N) is 1. The minimum absolute atomic E-state index is 0.0331. The zero-order valence-electron chi connectivity index (χ0n) is 12.2. The van der Waals surface area contributed by atoms with E-state index < -0.39 is 15.8 Å². The lowest BCUT2D eigenvalue weighted by atomic mass is 9.95. The summed E-state index contributed by atoms with van der Waals surface area (Å²) in [5.41, 5.74) is 6.50. The lowest BCUT2D eigenvalue weighted by Gasteiger charge is -2.21. The molecule has 0 bridgehead atoms. The molecular formula is C14H23FN2O2S. The highest BCUT2D eigenvalue weighted by atomic mass is 32.2. The number of sulfonamides is 1. The van der Waals surface area contributed by atoms with E-state index in [0.717, 1.165) is 18.9 Å². The van der Waals surface area contributed by atoms with Gasteiger partial charge in [-0.05, 0) is 30.5 Å². The summed E-state index contributed by atoms with van der Waals surface area (Å²) >= 11 is 0. The molecule has 1 aromatic rings. The molecule has 1 rings (SSSR count). The summed E-state index contributed by atoms with van der Waals surface area (Å²) in [4.78, 5) is -0.0331. The summed E-state index contributed by atoms with van der Waals surface area (Å²) in [6.45, 7) is 5.85. The van der Waals surface area contributed by atoms with Gasteiger partial charge in [-0.1, -0.05) is 32.8 Å². The number of hydrogen-bond acceptors (Lipinski definition) is 3. The number of aryl methyl sites for hydroxylation is 1. The van der Waals surface area contributed by atoms with Crippen molar-refractivity contribution in [3.63, 3.8) is 0 Å². The highest BCUT2D eigenvalue weighted by Crippen LogP contribution is 2.17. The van der Waals surface area contributed by atoms with Crippen molar-refractivity contribution >= 4 is 10.0 Å².